The van der Waals surface area contributed by atoms with Gasteiger partial charge < -0.3 is 19.5 Å². The normalized spacial score (nSPS) is 23.3. The van der Waals surface area contributed by atoms with Crippen LogP contribution < -0.4 is 5.32 Å². The van der Waals surface area contributed by atoms with Crippen molar-refractivity contribution in [1.29, 1.82) is 0 Å². The van der Waals surface area contributed by atoms with Crippen molar-refractivity contribution in [2.75, 3.05) is 13.7 Å². The van der Waals surface area contributed by atoms with Crippen molar-refractivity contribution < 1.29 is 36.4 Å². The maximum atomic E-state index is 13.0. The van der Waals surface area contributed by atoms with E-state index < -0.39 is 46.5 Å². The Labute approximate surface area is 186 Å². The second-order valence-electron chi connectivity index (χ2n) is 7.31. The number of amides is 1. The Balaban J connectivity index is 1.94. The standard InChI is InChI=1S/C22H25NO8S/c1-14-9-11-17(12-10-14)32(26,27)31-19-18(23-15(2)24)13-29-22(28-3)20(19)30-21(25)16-7-5-4-6-8-16/h4-12,18-20,22H,13H2,1-3H3,(H,23,24). The number of aryl methyl sites for hydroxylation is 1. The Morgan fingerprint density at radius 3 is 2.28 bits per heavy atom. The molecule has 0 spiro atoms. The molecule has 172 valence electrons. The van der Waals surface area contributed by atoms with Crippen LogP contribution in [0.2, 0.25) is 0 Å². The number of methoxy groups -OCH3 is 1. The summed E-state index contributed by atoms with van der Waals surface area (Å²) in [6.45, 7) is 3.00. The SMILES string of the molecule is COC1OCC(NC(C)=O)C(OS(=O)(=O)c2ccc(C)cc2)C1OC(=O)c1ccccc1. The van der Waals surface area contributed by atoms with Gasteiger partial charge >= 0.3 is 5.97 Å². The van der Waals surface area contributed by atoms with E-state index in [0.29, 0.717) is 0 Å². The molecule has 0 radical (unpaired) electrons. The van der Waals surface area contributed by atoms with Crippen LogP contribution in [-0.4, -0.2) is 58.6 Å². The predicted molar refractivity (Wildman–Crippen MR) is 113 cm³/mol. The smallest absolute Gasteiger partial charge is 0.338 e. The molecule has 1 aliphatic rings. The van der Waals surface area contributed by atoms with E-state index >= 15 is 0 Å². The first-order valence-corrected chi connectivity index (χ1v) is 11.3. The molecule has 0 aromatic heterocycles. The van der Waals surface area contributed by atoms with Crippen LogP contribution in [0.4, 0.5) is 0 Å². The highest BCUT2D eigenvalue weighted by Gasteiger charge is 2.47. The van der Waals surface area contributed by atoms with Gasteiger partial charge in [-0.1, -0.05) is 35.9 Å². The van der Waals surface area contributed by atoms with Gasteiger partial charge in [-0.2, -0.15) is 8.42 Å². The van der Waals surface area contributed by atoms with Crippen molar-refractivity contribution in [2.24, 2.45) is 0 Å². The predicted octanol–water partition coefficient (Wildman–Crippen LogP) is 1.80. The minimum Gasteiger partial charge on any atom is -0.450 e. The molecule has 10 heteroatoms. The number of hydrogen-bond donors (Lipinski definition) is 1. The molecule has 1 heterocycles. The minimum atomic E-state index is -4.26. The van der Waals surface area contributed by atoms with E-state index in [2.05, 4.69) is 5.32 Å². The van der Waals surface area contributed by atoms with Gasteiger partial charge in [-0.3, -0.25) is 8.98 Å². The first kappa shape index (κ1) is 23.9. The molecule has 1 amide bonds. The highest BCUT2D eigenvalue weighted by molar-refractivity contribution is 7.86. The lowest BCUT2D eigenvalue weighted by molar-refractivity contribution is -0.235. The average Bonchev–Trinajstić information content (AvgIpc) is 2.76. The topological polar surface area (TPSA) is 117 Å². The van der Waals surface area contributed by atoms with E-state index in [9.17, 15) is 18.0 Å². The molecule has 1 saturated heterocycles. The zero-order chi connectivity index (χ0) is 23.3. The van der Waals surface area contributed by atoms with Crippen LogP contribution in [0.15, 0.2) is 59.5 Å². The van der Waals surface area contributed by atoms with Gasteiger partial charge in [0, 0.05) is 14.0 Å². The van der Waals surface area contributed by atoms with E-state index in [1.54, 1.807) is 42.5 Å². The van der Waals surface area contributed by atoms with Crippen LogP contribution in [0.5, 0.6) is 0 Å². The Morgan fingerprint density at radius 2 is 1.69 bits per heavy atom. The molecular formula is C22H25NO8S. The molecule has 0 bridgehead atoms. The number of benzene rings is 2. The molecule has 9 nitrogen and oxygen atoms in total. The second kappa shape index (κ2) is 10.2. The highest BCUT2D eigenvalue weighted by atomic mass is 32.2. The maximum absolute atomic E-state index is 13.0. The van der Waals surface area contributed by atoms with Crippen LogP contribution in [-0.2, 0) is 33.3 Å². The summed E-state index contributed by atoms with van der Waals surface area (Å²) in [5.74, 6) is -1.14. The fourth-order valence-corrected chi connectivity index (χ4v) is 4.39. The third-order valence-corrected chi connectivity index (χ3v) is 6.17. The van der Waals surface area contributed by atoms with Crippen LogP contribution in [0.3, 0.4) is 0 Å². The van der Waals surface area contributed by atoms with Crippen LogP contribution >= 0.6 is 0 Å². The molecule has 0 saturated carbocycles. The zero-order valence-corrected chi connectivity index (χ0v) is 18.7. The monoisotopic (exact) mass is 463 g/mol. The Morgan fingerprint density at radius 1 is 1.03 bits per heavy atom. The lowest BCUT2D eigenvalue weighted by atomic mass is 10.0. The molecule has 1 aliphatic heterocycles. The van der Waals surface area contributed by atoms with Crippen LogP contribution in [0, 0.1) is 6.92 Å². The van der Waals surface area contributed by atoms with Crippen molar-refractivity contribution in [1.82, 2.24) is 5.32 Å². The summed E-state index contributed by atoms with van der Waals surface area (Å²) in [4.78, 5) is 24.3. The summed E-state index contributed by atoms with van der Waals surface area (Å²) in [5.41, 5.74) is 1.13. The summed E-state index contributed by atoms with van der Waals surface area (Å²) < 4.78 is 47.9. The fourth-order valence-electron chi connectivity index (χ4n) is 3.28. The molecule has 2 aromatic carbocycles. The van der Waals surface area contributed by atoms with E-state index in [1.165, 1.54) is 26.2 Å². The molecule has 1 N–H and O–H groups in total. The number of carbonyl (C=O) groups is 2. The van der Waals surface area contributed by atoms with Gasteiger partial charge in [-0.05, 0) is 31.2 Å². The number of nitrogens with one attached hydrogen (secondary N) is 1. The first-order chi connectivity index (χ1) is 15.2. The summed E-state index contributed by atoms with van der Waals surface area (Å²) in [7, 11) is -2.93. The average molecular weight is 464 g/mol. The van der Waals surface area contributed by atoms with Gasteiger partial charge in [-0.15, -0.1) is 0 Å². The van der Waals surface area contributed by atoms with Crippen molar-refractivity contribution in [2.45, 2.75) is 43.3 Å². The summed E-state index contributed by atoms with van der Waals surface area (Å²) >= 11 is 0. The maximum Gasteiger partial charge on any atom is 0.338 e. The van der Waals surface area contributed by atoms with E-state index in [4.69, 9.17) is 18.4 Å². The number of rotatable bonds is 7. The largest absolute Gasteiger partial charge is 0.450 e. The second-order valence-corrected chi connectivity index (χ2v) is 8.88. The number of carbonyl (C=O) groups excluding carboxylic acids is 2. The zero-order valence-electron chi connectivity index (χ0n) is 17.9. The Bertz CT molecular complexity index is 1040. The van der Waals surface area contributed by atoms with Crippen LogP contribution in [0.25, 0.3) is 0 Å². The van der Waals surface area contributed by atoms with Crippen LogP contribution in [0.1, 0.15) is 22.8 Å². The molecule has 4 unspecified atom stereocenters. The lowest BCUT2D eigenvalue weighted by Crippen LogP contribution is -2.61. The van der Waals surface area contributed by atoms with Gasteiger partial charge in [0.15, 0.2) is 12.4 Å². The quantitative estimate of drug-likeness (QED) is 0.488. The summed E-state index contributed by atoms with van der Waals surface area (Å²) in [6.07, 6.45) is -3.68. The molecule has 32 heavy (non-hydrogen) atoms. The highest BCUT2D eigenvalue weighted by Crippen LogP contribution is 2.27. The first-order valence-electron chi connectivity index (χ1n) is 9.89. The molecule has 0 aliphatic carbocycles. The molecule has 3 rings (SSSR count). The fraction of sp³-hybridized carbons (Fsp3) is 0.364. The Kier molecular flexibility index (Phi) is 7.62. The van der Waals surface area contributed by atoms with Gasteiger partial charge in [0.1, 0.15) is 6.10 Å². The third-order valence-electron chi connectivity index (χ3n) is 4.85. The van der Waals surface area contributed by atoms with Crippen molar-refractivity contribution >= 4 is 22.0 Å². The van der Waals surface area contributed by atoms with Gasteiger partial charge in [0.2, 0.25) is 5.91 Å². The van der Waals surface area contributed by atoms with Crippen molar-refractivity contribution in [3.8, 4) is 0 Å². The van der Waals surface area contributed by atoms with E-state index in [1.807, 2.05) is 6.92 Å². The summed E-state index contributed by atoms with van der Waals surface area (Å²) in [6, 6.07) is 13.4. The minimum absolute atomic E-state index is 0.0710. The lowest BCUT2D eigenvalue weighted by Gasteiger charge is -2.40. The van der Waals surface area contributed by atoms with E-state index in [0.717, 1.165) is 5.56 Å². The summed E-state index contributed by atoms with van der Waals surface area (Å²) in [5, 5.41) is 2.60. The van der Waals surface area contributed by atoms with Gasteiger partial charge in [0.25, 0.3) is 10.1 Å². The Hall–Kier alpha value is -2.79. The molecule has 1 fully saturated rings. The third kappa shape index (κ3) is 5.71. The molecular weight excluding hydrogens is 438 g/mol. The van der Waals surface area contributed by atoms with Gasteiger partial charge in [-0.25, -0.2) is 4.79 Å². The molecule has 4 atom stereocenters. The molecule has 2 aromatic rings. The number of esters is 1. The van der Waals surface area contributed by atoms with E-state index in [-0.39, 0.29) is 17.1 Å². The van der Waals surface area contributed by atoms with Gasteiger partial charge in [0.05, 0.1) is 23.1 Å². The number of hydrogen-bond acceptors (Lipinski definition) is 8. The van der Waals surface area contributed by atoms with Crippen molar-refractivity contribution in [3.05, 3.63) is 65.7 Å². The van der Waals surface area contributed by atoms with Crippen molar-refractivity contribution in [3.63, 3.8) is 0 Å². The number of ether oxygens (including phenoxy) is 3.